The summed E-state index contributed by atoms with van der Waals surface area (Å²) in [7, 11) is -8.91. The maximum Gasteiger partial charge on any atom is 0.254 e. The molecule has 0 radical (unpaired) electrons. The molecule has 0 aromatic heterocycles. The number of halogens is 1. The van der Waals surface area contributed by atoms with Gasteiger partial charge in [0.05, 0.1) is 4.90 Å². The van der Waals surface area contributed by atoms with Crippen molar-refractivity contribution in [2.24, 2.45) is 5.18 Å². The number of hydrogen-bond acceptors (Lipinski definition) is 6. The molecule has 0 saturated heterocycles. The zero-order valence-electron chi connectivity index (χ0n) is 8.20. The highest BCUT2D eigenvalue weighted by Crippen LogP contribution is 2.16. The molecule has 10 heteroatoms. The Bertz CT molecular complexity index is 608. The third-order valence-electron chi connectivity index (χ3n) is 1.63. The highest BCUT2D eigenvalue weighted by Gasteiger charge is 2.22. The molecule has 17 heavy (non-hydrogen) atoms. The number of nitroso groups, excluding NO2 is 1. The van der Waals surface area contributed by atoms with Gasteiger partial charge in [0, 0.05) is 0 Å². The molecule has 0 fully saturated rings. The predicted octanol–water partition coefficient (Wildman–Crippen LogP) is 0.620. The van der Waals surface area contributed by atoms with E-state index in [1.54, 1.807) is 0 Å². The van der Waals surface area contributed by atoms with Crippen molar-refractivity contribution in [3.8, 4) is 0 Å². The van der Waals surface area contributed by atoms with E-state index in [9.17, 15) is 26.1 Å². The van der Waals surface area contributed by atoms with Crippen molar-refractivity contribution in [3.05, 3.63) is 29.2 Å². The third kappa shape index (κ3) is 3.54. The van der Waals surface area contributed by atoms with Gasteiger partial charge in [-0.05, 0) is 29.4 Å². The van der Waals surface area contributed by atoms with E-state index in [0.717, 1.165) is 24.3 Å². The minimum Gasteiger partial charge on any atom is -0.232 e. The molecule has 0 spiro atoms. The van der Waals surface area contributed by atoms with Crippen molar-refractivity contribution < 1.29 is 21.2 Å². The van der Waals surface area contributed by atoms with Gasteiger partial charge in [-0.2, -0.15) is 0 Å². The SMILES string of the molecule is O=Nc1ccc(S(=O)(=O)NS(=O)(=O)CF)cc1. The molecule has 0 aliphatic rings. The molecular formula is C7H7FN2O5S2. The van der Waals surface area contributed by atoms with Crippen LogP contribution in [0.2, 0.25) is 0 Å². The molecule has 0 atom stereocenters. The Hall–Kier alpha value is -1.39. The maximum absolute atomic E-state index is 12.0. The van der Waals surface area contributed by atoms with Crippen molar-refractivity contribution in [1.29, 1.82) is 0 Å². The number of benzene rings is 1. The van der Waals surface area contributed by atoms with Gasteiger partial charge in [-0.25, -0.2) is 21.2 Å². The van der Waals surface area contributed by atoms with Gasteiger partial charge in [-0.15, -0.1) is 9.03 Å². The van der Waals surface area contributed by atoms with E-state index < -0.39 is 30.9 Å². The fourth-order valence-corrected chi connectivity index (χ4v) is 3.32. The Morgan fingerprint density at radius 2 is 1.65 bits per heavy atom. The van der Waals surface area contributed by atoms with Gasteiger partial charge in [0.15, 0.2) is 0 Å². The van der Waals surface area contributed by atoms with Crippen LogP contribution in [0, 0.1) is 4.91 Å². The molecule has 0 heterocycles. The summed E-state index contributed by atoms with van der Waals surface area (Å²) in [6, 6.07) is 2.28. The van der Waals surface area contributed by atoms with Crippen LogP contribution in [0.3, 0.4) is 0 Å². The van der Waals surface area contributed by atoms with Gasteiger partial charge in [0.2, 0.25) is 6.01 Å². The summed E-state index contributed by atoms with van der Waals surface area (Å²) in [5.41, 5.74) is -0.0164. The van der Waals surface area contributed by atoms with Gasteiger partial charge in [0.25, 0.3) is 20.0 Å². The molecule has 94 valence electrons. The van der Waals surface area contributed by atoms with Gasteiger partial charge in [-0.3, -0.25) is 0 Å². The smallest absolute Gasteiger partial charge is 0.232 e. The number of nitrogens with zero attached hydrogens (tertiary/aromatic N) is 1. The molecule has 1 N–H and O–H groups in total. The Balaban J connectivity index is 3.10. The fraction of sp³-hybridized carbons (Fsp3) is 0.143. The van der Waals surface area contributed by atoms with Crippen LogP contribution in [0.15, 0.2) is 34.3 Å². The second-order valence-corrected chi connectivity index (χ2v) is 6.49. The topological polar surface area (TPSA) is 110 Å². The largest absolute Gasteiger partial charge is 0.254 e. The maximum atomic E-state index is 12.0. The molecule has 1 aromatic rings. The van der Waals surface area contributed by atoms with Crippen molar-refractivity contribution in [1.82, 2.24) is 4.13 Å². The first-order chi connectivity index (χ1) is 7.80. The lowest BCUT2D eigenvalue weighted by Gasteiger charge is -2.04. The third-order valence-corrected chi connectivity index (χ3v) is 4.71. The van der Waals surface area contributed by atoms with Gasteiger partial charge in [0.1, 0.15) is 5.69 Å². The molecule has 0 aliphatic heterocycles. The van der Waals surface area contributed by atoms with Gasteiger partial charge in [-0.1, -0.05) is 0 Å². The summed E-state index contributed by atoms with van der Waals surface area (Å²) in [5.74, 6) is 0. The van der Waals surface area contributed by atoms with Crippen LogP contribution in [-0.2, 0) is 20.0 Å². The molecule has 1 aromatic carbocycles. The Labute approximate surface area is 96.7 Å². The standard InChI is InChI=1S/C7H7FN2O5S2/c8-5-16(12,13)10-17(14,15)7-3-1-6(9-11)2-4-7/h1-4,10H,5H2. The van der Waals surface area contributed by atoms with Crippen LogP contribution in [0.4, 0.5) is 10.1 Å². The first-order valence-corrected chi connectivity index (χ1v) is 7.20. The summed E-state index contributed by atoms with van der Waals surface area (Å²) >= 11 is 0. The van der Waals surface area contributed by atoms with E-state index in [4.69, 9.17) is 0 Å². The summed E-state index contributed by atoms with van der Waals surface area (Å²) in [5, 5.41) is 2.54. The quantitative estimate of drug-likeness (QED) is 0.796. The monoisotopic (exact) mass is 282 g/mol. The predicted molar refractivity (Wildman–Crippen MR) is 57.1 cm³/mol. The normalized spacial score (nSPS) is 12.3. The number of rotatable bonds is 5. The van der Waals surface area contributed by atoms with Gasteiger partial charge >= 0.3 is 0 Å². The van der Waals surface area contributed by atoms with E-state index in [0.29, 0.717) is 0 Å². The van der Waals surface area contributed by atoms with Crippen molar-refractivity contribution >= 4 is 25.7 Å². The number of alkyl halides is 1. The van der Waals surface area contributed by atoms with Crippen LogP contribution < -0.4 is 4.13 Å². The van der Waals surface area contributed by atoms with Crippen LogP contribution in [0.5, 0.6) is 0 Å². The van der Waals surface area contributed by atoms with Crippen LogP contribution in [0.1, 0.15) is 0 Å². The molecular weight excluding hydrogens is 275 g/mol. The molecule has 0 amide bonds. The second-order valence-electron chi connectivity index (χ2n) is 2.90. The zero-order valence-corrected chi connectivity index (χ0v) is 9.83. The minimum atomic E-state index is -4.53. The van der Waals surface area contributed by atoms with Crippen LogP contribution in [0.25, 0.3) is 0 Å². The highest BCUT2D eigenvalue weighted by molar-refractivity contribution is 8.04. The lowest BCUT2D eigenvalue weighted by atomic mass is 10.3. The van der Waals surface area contributed by atoms with E-state index in [1.807, 2.05) is 0 Å². The summed E-state index contributed by atoms with van der Waals surface area (Å²) in [4.78, 5) is 9.67. The van der Waals surface area contributed by atoms with Gasteiger partial charge < -0.3 is 0 Å². The summed E-state index contributed by atoms with van der Waals surface area (Å²) < 4.78 is 57.6. The highest BCUT2D eigenvalue weighted by atomic mass is 32.3. The Morgan fingerprint density at radius 1 is 1.12 bits per heavy atom. The number of nitrogens with one attached hydrogen (secondary N) is 1. The second kappa shape index (κ2) is 4.85. The molecule has 0 saturated carbocycles. The average Bonchev–Trinajstić information content (AvgIpc) is 2.28. The average molecular weight is 282 g/mol. The van der Waals surface area contributed by atoms with Crippen LogP contribution >= 0.6 is 0 Å². The number of sulfonamides is 2. The van der Waals surface area contributed by atoms with Crippen molar-refractivity contribution in [2.45, 2.75) is 4.90 Å². The summed E-state index contributed by atoms with van der Waals surface area (Å²) in [6.45, 7) is 0. The fourth-order valence-electron chi connectivity index (χ4n) is 0.924. The molecule has 1 rings (SSSR count). The van der Waals surface area contributed by atoms with Crippen LogP contribution in [-0.4, -0.2) is 22.8 Å². The molecule has 7 nitrogen and oxygen atoms in total. The van der Waals surface area contributed by atoms with E-state index in [-0.39, 0.29) is 5.69 Å². The zero-order chi connectivity index (χ0) is 13.1. The molecule has 0 aliphatic carbocycles. The van der Waals surface area contributed by atoms with Crippen molar-refractivity contribution in [3.63, 3.8) is 0 Å². The minimum absolute atomic E-state index is 0.0164. The lowest BCUT2D eigenvalue weighted by Crippen LogP contribution is -2.31. The Morgan fingerprint density at radius 3 is 2.06 bits per heavy atom. The molecule has 0 bridgehead atoms. The summed E-state index contributed by atoms with van der Waals surface area (Å²) in [6.07, 6.45) is 0. The molecule has 0 unspecified atom stereocenters. The lowest BCUT2D eigenvalue weighted by molar-refractivity contribution is 0.529. The first kappa shape index (κ1) is 13.7. The van der Waals surface area contributed by atoms with E-state index in [1.165, 1.54) is 4.13 Å². The van der Waals surface area contributed by atoms with Crippen molar-refractivity contribution in [2.75, 3.05) is 6.01 Å². The first-order valence-electron chi connectivity index (χ1n) is 4.06. The Kier molecular flexibility index (Phi) is 3.91. The number of hydrogen-bond donors (Lipinski definition) is 1. The van der Waals surface area contributed by atoms with E-state index >= 15 is 0 Å². The van der Waals surface area contributed by atoms with E-state index in [2.05, 4.69) is 5.18 Å².